The van der Waals surface area contributed by atoms with Crippen LogP contribution in [0, 0.1) is 0 Å². The van der Waals surface area contributed by atoms with E-state index in [2.05, 4.69) is 10.6 Å². The fraction of sp³-hybridized carbons (Fsp3) is 0.579. The summed E-state index contributed by atoms with van der Waals surface area (Å²) in [6.07, 6.45) is 7.91. The molecule has 2 aliphatic rings. The quantitative estimate of drug-likeness (QED) is 0.844. The third kappa shape index (κ3) is 3.57. The molecule has 0 aromatic heterocycles. The van der Waals surface area contributed by atoms with Gasteiger partial charge in [-0.15, -0.1) is 0 Å². The van der Waals surface area contributed by atoms with Gasteiger partial charge in [-0.3, -0.25) is 9.59 Å². The Bertz CT molecular complexity index is 570. The first-order valence-corrected chi connectivity index (χ1v) is 8.85. The van der Waals surface area contributed by atoms with Crippen molar-refractivity contribution in [2.45, 2.75) is 69.7 Å². The Hall–Kier alpha value is -1.84. The molecule has 2 N–H and O–H groups in total. The van der Waals surface area contributed by atoms with Gasteiger partial charge < -0.3 is 10.6 Å². The van der Waals surface area contributed by atoms with Crippen molar-refractivity contribution in [2.24, 2.45) is 0 Å². The van der Waals surface area contributed by atoms with Gasteiger partial charge in [0, 0.05) is 18.2 Å². The number of benzene rings is 1. The van der Waals surface area contributed by atoms with Crippen LogP contribution in [0.25, 0.3) is 0 Å². The molecule has 0 saturated heterocycles. The van der Waals surface area contributed by atoms with E-state index < -0.39 is 0 Å². The van der Waals surface area contributed by atoms with E-state index in [0.717, 1.165) is 43.4 Å². The highest BCUT2D eigenvalue weighted by molar-refractivity contribution is 5.92. The van der Waals surface area contributed by atoms with Crippen LogP contribution in [0.15, 0.2) is 24.3 Å². The van der Waals surface area contributed by atoms with Gasteiger partial charge in [0.1, 0.15) is 0 Å². The molecule has 1 aromatic rings. The highest BCUT2D eigenvalue weighted by Crippen LogP contribution is 2.48. The van der Waals surface area contributed by atoms with Gasteiger partial charge in [0.2, 0.25) is 11.8 Å². The molecule has 3 rings (SSSR count). The molecule has 0 atom stereocenters. The first-order valence-electron chi connectivity index (χ1n) is 8.85. The molecule has 0 spiro atoms. The van der Waals surface area contributed by atoms with Gasteiger partial charge in [0.15, 0.2) is 0 Å². The van der Waals surface area contributed by atoms with Gasteiger partial charge in [-0.2, -0.15) is 0 Å². The molecule has 0 aliphatic heterocycles. The first kappa shape index (κ1) is 16.0. The van der Waals surface area contributed by atoms with E-state index >= 15 is 0 Å². The minimum Gasteiger partial charge on any atom is -0.353 e. The standard InChI is InChI=1S/C19H26N2O2/c1-2-5-17(22)20-16-10-8-14(9-11-16)19(12-13-19)18(23)21-15-6-3-4-7-15/h8-11,15H,2-7,12-13H2,1H3,(H,20,22)(H,21,23). The van der Waals surface area contributed by atoms with Crippen molar-refractivity contribution in [3.63, 3.8) is 0 Å². The summed E-state index contributed by atoms with van der Waals surface area (Å²) in [5.74, 6) is 0.229. The number of anilines is 1. The number of carbonyl (C=O) groups is 2. The number of rotatable bonds is 6. The Morgan fingerprint density at radius 2 is 1.78 bits per heavy atom. The van der Waals surface area contributed by atoms with Crippen LogP contribution in [-0.4, -0.2) is 17.9 Å². The summed E-state index contributed by atoms with van der Waals surface area (Å²) in [7, 11) is 0. The van der Waals surface area contributed by atoms with Crippen molar-refractivity contribution in [1.29, 1.82) is 0 Å². The third-order valence-corrected chi connectivity index (χ3v) is 5.07. The van der Waals surface area contributed by atoms with Gasteiger partial charge in [-0.05, 0) is 49.8 Å². The molecule has 0 radical (unpaired) electrons. The van der Waals surface area contributed by atoms with E-state index in [-0.39, 0.29) is 17.2 Å². The highest BCUT2D eigenvalue weighted by atomic mass is 16.2. The summed E-state index contributed by atoms with van der Waals surface area (Å²) in [5.41, 5.74) is 1.55. The Kier molecular flexibility index (Phi) is 4.69. The average Bonchev–Trinajstić information content (AvgIpc) is 3.20. The highest BCUT2D eigenvalue weighted by Gasteiger charge is 2.51. The van der Waals surface area contributed by atoms with Crippen LogP contribution in [0.2, 0.25) is 0 Å². The second-order valence-corrected chi connectivity index (χ2v) is 6.91. The summed E-state index contributed by atoms with van der Waals surface area (Å²) in [6.45, 7) is 1.99. The summed E-state index contributed by atoms with van der Waals surface area (Å²) < 4.78 is 0. The molecular formula is C19H26N2O2. The SMILES string of the molecule is CCCC(=O)Nc1ccc(C2(C(=O)NC3CCCC3)CC2)cc1. The predicted octanol–water partition coefficient (Wildman–Crippen LogP) is 3.52. The zero-order chi connectivity index (χ0) is 16.3. The van der Waals surface area contributed by atoms with Gasteiger partial charge in [0.05, 0.1) is 5.41 Å². The number of nitrogens with one attached hydrogen (secondary N) is 2. The Labute approximate surface area is 138 Å². The monoisotopic (exact) mass is 314 g/mol. The number of carbonyl (C=O) groups excluding carboxylic acids is 2. The number of hydrogen-bond donors (Lipinski definition) is 2. The summed E-state index contributed by atoms with van der Waals surface area (Å²) in [4.78, 5) is 24.3. The molecule has 23 heavy (non-hydrogen) atoms. The van der Waals surface area contributed by atoms with Crippen molar-refractivity contribution in [3.8, 4) is 0 Å². The van der Waals surface area contributed by atoms with E-state index in [1.807, 2.05) is 31.2 Å². The van der Waals surface area contributed by atoms with E-state index in [1.165, 1.54) is 12.8 Å². The minimum atomic E-state index is -0.325. The Morgan fingerprint density at radius 3 is 2.35 bits per heavy atom. The van der Waals surface area contributed by atoms with Crippen molar-refractivity contribution in [1.82, 2.24) is 5.32 Å². The van der Waals surface area contributed by atoms with Crippen molar-refractivity contribution >= 4 is 17.5 Å². The molecule has 4 nitrogen and oxygen atoms in total. The molecule has 124 valence electrons. The summed E-state index contributed by atoms with van der Waals surface area (Å²) >= 11 is 0. The normalized spacial score (nSPS) is 19.3. The lowest BCUT2D eigenvalue weighted by Gasteiger charge is -2.19. The van der Waals surface area contributed by atoms with Crippen LogP contribution < -0.4 is 10.6 Å². The van der Waals surface area contributed by atoms with E-state index in [0.29, 0.717) is 12.5 Å². The van der Waals surface area contributed by atoms with E-state index in [9.17, 15) is 9.59 Å². The third-order valence-electron chi connectivity index (χ3n) is 5.07. The zero-order valence-corrected chi connectivity index (χ0v) is 13.9. The second-order valence-electron chi connectivity index (χ2n) is 6.91. The van der Waals surface area contributed by atoms with Gasteiger partial charge >= 0.3 is 0 Å². The van der Waals surface area contributed by atoms with E-state index in [1.54, 1.807) is 0 Å². The van der Waals surface area contributed by atoms with Gasteiger partial charge in [0.25, 0.3) is 0 Å². The average molecular weight is 314 g/mol. The number of hydrogen-bond acceptors (Lipinski definition) is 2. The molecule has 2 aliphatic carbocycles. The second kappa shape index (κ2) is 6.73. The molecule has 2 fully saturated rings. The number of amides is 2. The predicted molar refractivity (Wildman–Crippen MR) is 91.3 cm³/mol. The van der Waals surface area contributed by atoms with Crippen molar-refractivity contribution in [3.05, 3.63) is 29.8 Å². The lowest BCUT2D eigenvalue weighted by Crippen LogP contribution is -2.40. The van der Waals surface area contributed by atoms with Crippen LogP contribution in [0.4, 0.5) is 5.69 Å². The molecule has 0 bridgehead atoms. The lowest BCUT2D eigenvalue weighted by molar-refractivity contribution is -0.124. The lowest BCUT2D eigenvalue weighted by atomic mass is 9.94. The minimum absolute atomic E-state index is 0.0420. The van der Waals surface area contributed by atoms with Crippen LogP contribution >= 0.6 is 0 Å². The Balaban J connectivity index is 1.63. The summed E-state index contributed by atoms with van der Waals surface area (Å²) in [6, 6.07) is 8.16. The Morgan fingerprint density at radius 1 is 1.13 bits per heavy atom. The fourth-order valence-electron chi connectivity index (χ4n) is 3.49. The van der Waals surface area contributed by atoms with Crippen LogP contribution in [-0.2, 0) is 15.0 Å². The molecule has 4 heteroatoms. The summed E-state index contributed by atoms with van der Waals surface area (Å²) in [5, 5.41) is 6.13. The topological polar surface area (TPSA) is 58.2 Å². The molecule has 0 heterocycles. The fourth-order valence-corrected chi connectivity index (χ4v) is 3.49. The zero-order valence-electron chi connectivity index (χ0n) is 13.9. The van der Waals surface area contributed by atoms with Crippen LogP contribution in [0.1, 0.15) is 63.9 Å². The molecular weight excluding hydrogens is 288 g/mol. The molecule has 1 aromatic carbocycles. The van der Waals surface area contributed by atoms with E-state index in [4.69, 9.17) is 0 Å². The maximum Gasteiger partial charge on any atom is 0.230 e. The van der Waals surface area contributed by atoms with Crippen LogP contribution in [0.3, 0.4) is 0 Å². The molecule has 2 amide bonds. The first-order chi connectivity index (χ1) is 11.1. The largest absolute Gasteiger partial charge is 0.353 e. The smallest absolute Gasteiger partial charge is 0.230 e. The molecule has 2 saturated carbocycles. The van der Waals surface area contributed by atoms with Gasteiger partial charge in [-0.1, -0.05) is 31.9 Å². The maximum atomic E-state index is 12.7. The van der Waals surface area contributed by atoms with Gasteiger partial charge in [-0.25, -0.2) is 0 Å². The van der Waals surface area contributed by atoms with Crippen LogP contribution in [0.5, 0.6) is 0 Å². The maximum absolute atomic E-state index is 12.7. The van der Waals surface area contributed by atoms with Crippen molar-refractivity contribution in [2.75, 3.05) is 5.32 Å². The molecule has 0 unspecified atom stereocenters. The van der Waals surface area contributed by atoms with Crippen molar-refractivity contribution < 1.29 is 9.59 Å².